The molecule has 7 heteroatoms. The average molecular weight is 149 g/mol. The van der Waals surface area contributed by atoms with Gasteiger partial charge in [0.05, 0.1) is 0 Å². The second kappa shape index (κ2) is 2.37. The van der Waals surface area contributed by atoms with E-state index in [1.807, 2.05) is 0 Å². The van der Waals surface area contributed by atoms with Crippen molar-refractivity contribution in [1.29, 1.82) is 0 Å². The van der Waals surface area contributed by atoms with Crippen LogP contribution in [0.3, 0.4) is 0 Å². The van der Waals surface area contributed by atoms with Crippen LogP contribution in [0, 0.1) is 0 Å². The van der Waals surface area contributed by atoms with Gasteiger partial charge in [-0.1, -0.05) is 0 Å². The van der Waals surface area contributed by atoms with Crippen LogP contribution in [0.25, 0.3) is 11.6 Å². The smallest absolute Gasteiger partial charge is 0.225 e. The number of tetrazole rings is 1. The molecule has 0 aliphatic rings. The van der Waals surface area contributed by atoms with Gasteiger partial charge in [-0.3, -0.25) is 0 Å². The van der Waals surface area contributed by atoms with E-state index >= 15 is 0 Å². The van der Waals surface area contributed by atoms with Crippen molar-refractivity contribution in [3.63, 3.8) is 0 Å². The lowest BCUT2D eigenvalue weighted by atomic mass is 10.6. The molecule has 2 heterocycles. The zero-order valence-corrected chi connectivity index (χ0v) is 5.34. The Morgan fingerprint density at radius 2 is 1.91 bits per heavy atom. The van der Waals surface area contributed by atoms with Gasteiger partial charge in [0.15, 0.2) is 0 Å². The topological polar surface area (TPSA) is 93.1 Å². The van der Waals surface area contributed by atoms with E-state index in [4.69, 9.17) is 0 Å². The first-order chi connectivity index (χ1) is 5.47. The fraction of sp³-hybridized carbons (Fsp3) is 0. The molecule has 0 aliphatic heterocycles. The summed E-state index contributed by atoms with van der Waals surface area (Å²) in [6.45, 7) is 0. The Kier molecular flexibility index (Phi) is 1.26. The highest BCUT2D eigenvalue weighted by Crippen LogP contribution is 2.00. The van der Waals surface area contributed by atoms with Crippen molar-refractivity contribution in [3.8, 4) is 11.6 Å². The van der Waals surface area contributed by atoms with Gasteiger partial charge in [-0.15, -0.1) is 10.2 Å². The molecule has 0 aliphatic carbocycles. The summed E-state index contributed by atoms with van der Waals surface area (Å²) in [5.74, 6) is 0.779. The van der Waals surface area contributed by atoms with Gasteiger partial charge in [0.25, 0.3) is 0 Å². The van der Waals surface area contributed by atoms with Gasteiger partial charge in [-0.2, -0.15) is 5.21 Å². The van der Waals surface area contributed by atoms with E-state index in [0.29, 0.717) is 11.6 Å². The molecule has 0 fully saturated rings. The Morgan fingerprint density at radius 1 is 1.09 bits per heavy atom. The summed E-state index contributed by atoms with van der Waals surface area (Å²) >= 11 is 0. The minimum atomic E-state index is 0.368. The Hall–Kier alpha value is -1.92. The molecule has 0 saturated carbocycles. The van der Waals surface area contributed by atoms with Gasteiger partial charge in [-0.25, -0.2) is 15.0 Å². The molecule has 11 heavy (non-hydrogen) atoms. The predicted octanol–water partition coefficient (Wildman–Crippen LogP) is -0.948. The van der Waals surface area contributed by atoms with Crippen molar-refractivity contribution >= 4 is 0 Å². The summed E-state index contributed by atoms with van der Waals surface area (Å²) in [5.41, 5.74) is 0. The van der Waals surface area contributed by atoms with Gasteiger partial charge in [0.2, 0.25) is 11.6 Å². The fourth-order valence-corrected chi connectivity index (χ4v) is 0.611. The monoisotopic (exact) mass is 149 g/mol. The SMILES string of the molecule is c1ncnc(-c2nn[nH]n2)n1. The highest BCUT2D eigenvalue weighted by molar-refractivity contribution is 5.38. The third-order valence-corrected chi connectivity index (χ3v) is 1.04. The molecule has 2 aromatic rings. The van der Waals surface area contributed by atoms with E-state index in [1.165, 1.54) is 12.7 Å². The van der Waals surface area contributed by atoms with Gasteiger partial charge in [-0.05, 0) is 5.21 Å². The largest absolute Gasteiger partial charge is 0.241 e. The number of H-pyrrole nitrogens is 1. The Bertz CT molecular complexity index is 313. The number of nitrogens with one attached hydrogen (secondary N) is 1. The van der Waals surface area contributed by atoms with Crippen molar-refractivity contribution < 1.29 is 0 Å². The second-order valence-corrected chi connectivity index (χ2v) is 1.70. The minimum absolute atomic E-state index is 0.368. The van der Waals surface area contributed by atoms with Crippen molar-refractivity contribution in [2.24, 2.45) is 0 Å². The van der Waals surface area contributed by atoms with Crippen molar-refractivity contribution in [3.05, 3.63) is 12.7 Å². The molecular weight excluding hydrogens is 146 g/mol. The first-order valence-corrected chi connectivity index (χ1v) is 2.82. The summed E-state index contributed by atoms with van der Waals surface area (Å²) in [4.78, 5) is 11.3. The van der Waals surface area contributed by atoms with Gasteiger partial charge in [0.1, 0.15) is 12.7 Å². The molecule has 0 radical (unpaired) electrons. The van der Waals surface area contributed by atoms with Gasteiger partial charge in [0, 0.05) is 0 Å². The van der Waals surface area contributed by atoms with Crippen LogP contribution in [0.5, 0.6) is 0 Å². The normalized spacial score (nSPS) is 9.82. The Morgan fingerprint density at radius 3 is 2.55 bits per heavy atom. The van der Waals surface area contributed by atoms with Crippen LogP contribution < -0.4 is 0 Å². The summed E-state index contributed by atoms with van der Waals surface area (Å²) in [7, 11) is 0. The lowest BCUT2D eigenvalue weighted by molar-refractivity contribution is 0.881. The highest BCUT2D eigenvalue weighted by atomic mass is 15.5. The summed E-state index contributed by atoms with van der Waals surface area (Å²) < 4.78 is 0. The molecule has 0 aromatic carbocycles. The number of hydrogen-bond donors (Lipinski definition) is 1. The van der Waals surface area contributed by atoms with Crippen molar-refractivity contribution in [2.45, 2.75) is 0 Å². The molecule has 2 aromatic heterocycles. The number of nitrogens with zero attached hydrogens (tertiary/aromatic N) is 6. The standard InChI is InChI=1S/C4H3N7/c1-5-2-7-3(6-1)4-8-10-11-9-4/h1-2H,(H,8,9,10,11). The zero-order chi connectivity index (χ0) is 7.52. The summed E-state index contributed by atoms with van der Waals surface area (Å²) in [6.07, 6.45) is 2.75. The lowest BCUT2D eigenvalue weighted by Gasteiger charge is -1.86. The number of aromatic amines is 1. The second-order valence-electron chi connectivity index (χ2n) is 1.70. The van der Waals surface area contributed by atoms with Crippen LogP contribution >= 0.6 is 0 Å². The molecule has 7 nitrogen and oxygen atoms in total. The molecule has 2 rings (SSSR count). The first-order valence-electron chi connectivity index (χ1n) is 2.82. The Labute approximate surface area is 60.9 Å². The van der Waals surface area contributed by atoms with E-state index in [9.17, 15) is 0 Å². The maximum atomic E-state index is 3.81. The quantitative estimate of drug-likeness (QED) is 0.562. The number of hydrogen-bond acceptors (Lipinski definition) is 6. The third-order valence-electron chi connectivity index (χ3n) is 1.04. The van der Waals surface area contributed by atoms with E-state index < -0.39 is 0 Å². The van der Waals surface area contributed by atoms with Crippen LogP contribution in [0.15, 0.2) is 12.7 Å². The molecule has 0 bridgehead atoms. The first kappa shape index (κ1) is 5.83. The van der Waals surface area contributed by atoms with Crippen LogP contribution in [-0.4, -0.2) is 35.6 Å². The van der Waals surface area contributed by atoms with E-state index in [1.54, 1.807) is 0 Å². The molecule has 0 saturated heterocycles. The van der Waals surface area contributed by atoms with E-state index in [-0.39, 0.29) is 0 Å². The lowest BCUT2D eigenvalue weighted by Crippen LogP contribution is -1.90. The molecule has 54 valence electrons. The summed E-state index contributed by atoms with van der Waals surface area (Å²) in [5, 5.41) is 13.0. The Balaban J connectivity index is 2.46. The highest BCUT2D eigenvalue weighted by Gasteiger charge is 2.02. The van der Waals surface area contributed by atoms with Crippen LogP contribution in [0.2, 0.25) is 0 Å². The van der Waals surface area contributed by atoms with Gasteiger partial charge >= 0.3 is 0 Å². The third kappa shape index (κ3) is 1.02. The molecular formula is C4H3N7. The maximum Gasteiger partial charge on any atom is 0.241 e. The molecule has 0 spiro atoms. The van der Waals surface area contributed by atoms with Gasteiger partial charge < -0.3 is 0 Å². The van der Waals surface area contributed by atoms with Crippen molar-refractivity contribution in [2.75, 3.05) is 0 Å². The maximum absolute atomic E-state index is 3.81. The molecule has 0 atom stereocenters. The van der Waals surface area contributed by atoms with E-state index in [0.717, 1.165) is 0 Å². The minimum Gasteiger partial charge on any atom is -0.225 e. The summed E-state index contributed by atoms with van der Waals surface area (Å²) in [6, 6.07) is 0. The molecule has 1 N–H and O–H groups in total. The van der Waals surface area contributed by atoms with E-state index in [2.05, 4.69) is 35.6 Å². The molecule has 0 amide bonds. The number of aromatic nitrogens is 7. The predicted molar refractivity (Wildman–Crippen MR) is 33.0 cm³/mol. The van der Waals surface area contributed by atoms with Crippen LogP contribution in [0.4, 0.5) is 0 Å². The van der Waals surface area contributed by atoms with Crippen molar-refractivity contribution in [1.82, 2.24) is 35.6 Å². The van der Waals surface area contributed by atoms with Crippen LogP contribution in [-0.2, 0) is 0 Å². The zero-order valence-electron chi connectivity index (χ0n) is 5.34. The number of rotatable bonds is 1. The average Bonchev–Trinajstić information content (AvgIpc) is 2.58. The fourth-order valence-electron chi connectivity index (χ4n) is 0.611. The van der Waals surface area contributed by atoms with Crippen LogP contribution in [0.1, 0.15) is 0 Å². The molecule has 0 unspecified atom stereocenters.